The number of nitrogens with zero attached hydrogens (tertiary/aromatic N) is 4. The maximum absolute atomic E-state index is 12.1. The molecule has 1 amide bonds. The Labute approximate surface area is 230 Å². The zero-order valence-corrected chi connectivity index (χ0v) is 22.7. The summed E-state index contributed by atoms with van der Waals surface area (Å²) < 4.78 is 2.04. The van der Waals surface area contributed by atoms with E-state index in [0.717, 1.165) is 32.1 Å². The monoisotopic (exact) mass is 565 g/mol. The van der Waals surface area contributed by atoms with Gasteiger partial charge in [-0.2, -0.15) is 4.98 Å². The Morgan fingerprint density at radius 3 is 2.49 bits per heavy atom. The van der Waals surface area contributed by atoms with E-state index in [2.05, 4.69) is 15.6 Å². The Bertz CT molecular complexity index is 1300. The van der Waals surface area contributed by atoms with Crippen molar-refractivity contribution in [1.82, 2.24) is 19.5 Å². The van der Waals surface area contributed by atoms with E-state index in [-0.39, 0.29) is 24.1 Å². The van der Waals surface area contributed by atoms with Gasteiger partial charge in [-0.1, -0.05) is 41.7 Å². The van der Waals surface area contributed by atoms with Crippen LogP contribution in [0.4, 0.5) is 17.6 Å². The molecule has 12 heteroatoms. The number of hydrogen-bond donors (Lipinski definition) is 4. The van der Waals surface area contributed by atoms with Gasteiger partial charge in [0, 0.05) is 22.5 Å². The Morgan fingerprint density at radius 1 is 1.14 bits per heavy atom. The highest BCUT2D eigenvalue weighted by Gasteiger charge is 2.38. The largest absolute Gasteiger partial charge is 0.393 e. The topological polar surface area (TPSA) is 131 Å². The van der Waals surface area contributed by atoms with Gasteiger partial charge in [0.1, 0.15) is 5.52 Å². The SMILES string of the molecule is CC1(C(N)=O)CCC(n2c(Nc3c(Cl)cc(Cl)cc3Cl)nc3cnc(N[C@@H]4CCC[C@@H](O)C4)nc32)CC1. The summed E-state index contributed by atoms with van der Waals surface area (Å²) in [5.41, 5.74) is 6.92. The number of primary amides is 1. The van der Waals surface area contributed by atoms with E-state index in [4.69, 9.17) is 50.5 Å². The molecule has 2 aliphatic rings. The zero-order valence-electron chi connectivity index (χ0n) is 20.5. The summed E-state index contributed by atoms with van der Waals surface area (Å²) in [6, 6.07) is 3.35. The van der Waals surface area contributed by atoms with E-state index in [9.17, 15) is 9.90 Å². The van der Waals surface area contributed by atoms with E-state index in [1.165, 1.54) is 0 Å². The van der Waals surface area contributed by atoms with Crippen molar-refractivity contribution in [3.63, 3.8) is 0 Å². The second-order valence-electron chi connectivity index (χ2n) is 10.4. The number of aliphatic hydroxyl groups is 1. The number of rotatable bonds is 6. The first kappa shape index (κ1) is 26.3. The van der Waals surface area contributed by atoms with Gasteiger partial charge in [0.2, 0.25) is 17.8 Å². The summed E-state index contributed by atoms with van der Waals surface area (Å²) in [7, 11) is 0. The molecule has 5 rings (SSSR count). The van der Waals surface area contributed by atoms with Gasteiger partial charge < -0.3 is 21.5 Å². The van der Waals surface area contributed by atoms with Crippen molar-refractivity contribution in [3.05, 3.63) is 33.4 Å². The van der Waals surface area contributed by atoms with Crippen LogP contribution in [0.5, 0.6) is 0 Å². The number of hydrogen-bond acceptors (Lipinski definition) is 7. The average Bonchev–Trinajstić information content (AvgIpc) is 3.19. The van der Waals surface area contributed by atoms with Gasteiger partial charge in [0.15, 0.2) is 5.65 Å². The van der Waals surface area contributed by atoms with E-state index in [1.54, 1.807) is 18.3 Å². The van der Waals surface area contributed by atoms with Crippen LogP contribution in [0.25, 0.3) is 11.2 Å². The second kappa shape index (κ2) is 10.4. The number of halogens is 3. The van der Waals surface area contributed by atoms with Gasteiger partial charge in [0.05, 0.1) is 28.0 Å². The molecule has 0 bridgehead atoms. The van der Waals surface area contributed by atoms with Crippen molar-refractivity contribution in [3.8, 4) is 0 Å². The molecule has 3 aromatic rings. The van der Waals surface area contributed by atoms with E-state index in [1.807, 2.05) is 11.5 Å². The molecule has 1 aromatic carbocycles. The number of imidazole rings is 1. The van der Waals surface area contributed by atoms with Crippen molar-refractivity contribution in [2.45, 2.75) is 76.5 Å². The van der Waals surface area contributed by atoms with Gasteiger partial charge in [-0.05, 0) is 63.5 Å². The Balaban J connectivity index is 1.52. The van der Waals surface area contributed by atoms with Crippen LogP contribution in [0, 0.1) is 5.41 Å². The van der Waals surface area contributed by atoms with Crippen molar-refractivity contribution in [2.24, 2.45) is 11.1 Å². The van der Waals surface area contributed by atoms with Crippen LogP contribution in [0.3, 0.4) is 0 Å². The predicted molar refractivity (Wildman–Crippen MR) is 147 cm³/mol. The van der Waals surface area contributed by atoms with Crippen LogP contribution in [-0.4, -0.2) is 42.7 Å². The lowest BCUT2D eigenvalue weighted by Gasteiger charge is -2.35. The molecule has 0 radical (unpaired) electrons. The molecule has 0 aliphatic heterocycles. The van der Waals surface area contributed by atoms with Gasteiger partial charge in [-0.15, -0.1) is 0 Å². The highest BCUT2D eigenvalue weighted by Crippen LogP contribution is 2.44. The maximum atomic E-state index is 12.1. The molecule has 2 fully saturated rings. The van der Waals surface area contributed by atoms with E-state index in [0.29, 0.717) is 63.1 Å². The minimum Gasteiger partial charge on any atom is -0.393 e. The third kappa shape index (κ3) is 5.46. The lowest BCUT2D eigenvalue weighted by atomic mass is 9.73. The third-order valence-electron chi connectivity index (χ3n) is 7.67. The fourth-order valence-electron chi connectivity index (χ4n) is 5.39. The zero-order chi connectivity index (χ0) is 26.3. The summed E-state index contributed by atoms with van der Waals surface area (Å²) in [6.07, 6.45) is 7.53. The fourth-order valence-corrected chi connectivity index (χ4v) is 6.30. The fraction of sp³-hybridized carbons (Fsp3) is 0.520. The Hall–Kier alpha value is -2.33. The lowest BCUT2D eigenvalue weighted by Crippen LogP contribution is -2.38. The number of amides is 1. The molecule has 2 aromatic heterocycles. The molecule has 2 aliphatic carbocycles. The molecule has 37 heavy (non-hydrogen) atoms. The van der Waals surface area contributed by atoms with Crippen LogP contribution in [0.15, 0.2) is 18.3 Å². The van der Waals surface area contributed by atoms with Crippen molar-refractivity contribution in [1.29, 1.82) is 0 Å². The molecule has 2 heterocycles. The number of aromatic nitrogens is 4. The van der Waals surface area contributed by atoms with Gasteiger partial charge in [0.25, 0.3) is 0 Å². The van der Waals surface area contributed by atoms with E-state index < -0.39 is 5.41 Å². The summed E-state index contributed by atoms with van der Waals surface area (Å²) in [5, 5.41) is 17.9. The van der Waals surface area contributed by atoms with E-state index >= 15 is 0 Å². The molecule has 0 saturated heterocycles. The number of aliphatic hydroxyl groups excluding tert-OH is 1. The first-order valence-corrected chi connectivity index (χ1v) is 13.7. The second-order valence-corrected chi connectivity index (χ2v) is 11.6. The molecule has 5 N–H and O–H groups in total. The summed E-state index contributed by atoms with van der Waals surface area (Å²) in [6.45, 7) is 1.92. The third-order valence-corrected chi connectivity index (χ3v) is 8.49. The van der Waals surface area contributed by atoms with Crippen LogP contribution in [0.2, 0.25) is 15.1 Å². The number of anilines is 3. The standard InChI is InChI=1S/C25H30Cl3N7O2/c1-25(22(29)37)7-5-15(6-8-25)35-21-19(12-30-23(34-21)31-14-3-2-4-16(36)11-14)32-24(35)33-20-17(27)9-13(26)10-18(20)28/h9-10,12,14-16,36H,2-8,11H2,1H3,(H2,29,37)(H,32,33)(H,30,31,34)/t14-,15?,16-,25?/m1/s1. The van der Waals surface area contributed by atoms with Crippen molar-refractivity contribution >= 4 is 69.5 Å². The first-order valence-electron chi connectivity index (χ1n) is 12.5. The molecular formula is C25H30Cl3N7O2. The summed E-state index contributed by atoms with van der Waals surface area (Å²) in [5.74, 6) is 0.732. The van der Waals surface area contributed by atoms with Gasteiger partial charge in [-0.25, -0.2) is 9.97 Å². The van der Waals surface area contributed by atoms with Crippen LogP contribution < -0.4 is 16.4 Å². The Morgan fingerprint density at radius 2 is 1.84 bits per heavy atom. The summed E-state index contributed by atoms with van der Waals surface area (Å²) in [4.78, 5) is 26.2. The normalized spacial score (nSPS) is 26.2. The van der Waals surface area contributed by atoms with Crippen LogP contribution >= 0.6 is 34.8 Å². The van der Waals surface area contributed by atoms with Crippen molar-refractivity contribution < 1.29 is 9.90 Å². The first-order chi connectivity index (χ1) is 17.6. The van der Waals surface area contributed by atoms with Crippen molar-refractivity contribution in [2.75, 3.05) is 10.6 Å². The number of fused-ring (bicyclic) bond motifs is 1. The number of nitrogens with one attached hydrogen (secondary N) is 2. The quantitative estimate of drug-likeness (QED) is 0.294. The highest BCUT2D eigenvalue weighted by atomic mass is 35.5. The number of benzene rings is 1. The van der Waals surface area contributed by atoms with Gasteiger partial charge >= 0.3 is 0 Å². The minimum absolute atomic E-state index is 0.0176. The molecule has 9 nitrogen and oxygen atoms in total. The minimum atomic E-state index is -0.535. The average molecular weight is 567 g/mol. The Kier molecular flexibility index (Phi) is 7.42. The highest BCUT2D eigenvalue weighted by molar-refractivity contribution is 6.41. The molecule has 2 atom stereocenters. The smallest absolute Gasteiger partial charge is 0.224 e. The molecule has 198 valence electrons. The number of nitrogens with two attached hydrogens (primary N) is 1. The summed E-state index contributed by atoms with van der Waals surface area (Å²) >= 11 is 19.0. The molecule has 2 saturated carbocycles. The molecule has 0 spiro atoms. The maximum Gasteiger partial charge on any atom is 0.224 e. The number of carbonyl (C=O) groups excluding carboxylic acids is 1. The lowest BCUT2D eigenvalue weighted by molar-refractivity contribution is -0.128. The van der Waals surface area contributed by atoms with Crippen LogP contribution in [0.1, 0.15) is 64.3 Å². The number of carbonyl (C=O) groups is 1. The molecular weight excluding hydrogens is 537 g/mol. The van der Waals surface area contributed by atoms with Crippen LogP contribution in [-0.2, 0) is 4.79 Å². The predicted octanol–water partition coefficient (Wildman–Crippen LogP) is 5.85. The molecule has 0 unspecified atom stereocenters. The van der Waals surface area contributed by atoms with Gasteiger partial charge in [-0.3, -0.25) is 9.36 Å².